The first-order valence-corrected chi connectivity index (χ1v) is 6.59. The predicted octanol–water partition coefficient (Wildman–Crippen LogP) is 3.67. The highest BCUT2D eigenvalue weighted by molar-refractivity contribution is 5.56. The number of nitrogens with zero attached hydrogens (tertiary/aromatic N) is 1. The van der Waals surface area contributed by atoms with Crippen LogP contribution in [0.4, 0.5) is 10.1 Å². The lowest BCUT2D eigenvalue weighted by atomic mass is 10.0. The van der Waals surface area contributed by atoms with Gasteiger partial charge in [0.15, 0.2) is 0 Å². The number of aliphatic hydroxyl groups excluding tert-OH is 1. The van der Waals surface area contributed by atoms with Gasteiger partial charge >= 0.3 is 0 Å². The summed E-state index contributed by atoms with van der Waals surface area (Å²) in [5.74, 6) is 0.271. The fraction of sp³-hybridized carbons (Fsp3) is 0.600. The molecule has 1 aromatic carbocycles. The zero-order valence-electron chi connectivity index (χ0n) is 12.0. The maximum Gasteiger partial charge on any atom is 0.126 e. The van der Waals surface area contributed by atoms with Gasteiger partial charge in [0.2, 0.25) is 0 Å². The summed E-state index contributed by atoms with van der Waals surface area (Å²) in [6.45, 7) is 11.6. The van der Waals surface area contributed by atoms with Crippen molar-refractivity contribution < 1.29 is 9.50 Å². The van der Waals surface area contributed by atoms with Crippen molar-refractivity contribution in [2.24, 2.45) is 5.92 Å². The maximum absolute atomic E-state index is 13.6. The number of rotatable bonds is 5. The Morgan fingerprint density at radius 1 is 1.28 bits per heavy atom. The number of hydrogen-bond acceptors (Lipinski definition) is 2. The number of anilines is 1. The van der Waals surface area contributed by atoms with Crippen LogP contribution in [-0.2, 0) is 0 Å². The van der Waals surface area contributed by atoms with Crippen LogP contribution in [0.5, 0.6) is 0 Å². The van der Waals surface area contributed by atoms with E-state index in [1.807, 2.05) is 6.07 Å². The van der Waals surface area contributed by atoms with E-state index in [2.05, 4.69) is 25.7 Å². The third-order valence-corrected chi connectivity index (χ3v) is 3.07. The molecule has 0 amide bonds. The van der Waals surface area contributed by atoms with Crippen molar-refractivity contribution in [2.75, 3.05) is 18.0 Å². The molecule has 1 N–H and O–H groups in total. The molecule has 0 saturated heterocycles. The molecule has 0 aliphatic rings. The Balaban J connectivity index is 3.22. The first-order chi connectivity index (χ1) is 8.36. The standard InChI is InChI=1S/C15H24FNO/c1-6-17(9-10(2)3)15-7-11(4)14(16)8-13(15)12(5)18/h7-8,10,12,18H,6,9H2,1-5H3/t12-/m0/s1. The monoisotopic (exact) mass is 253 g/mol. The second-order valence-electron chi connectivity index (χ2n) is 5.27. The Morgan fingerprint density at radius 3 is 2.33 bits per heavy atom. The van der Waals surface area contributed by atoms with Crippen molar-refractivity contribution in [2.45, 2.75) is 40.7 Å². The third kappa shape index (κ3) is 3.45. The number of aliphatic hydroxyl groups is 1. The second kappa shape index (κ2) is 6.19. The molecule has 2 nitrogen and oxygen atoms in total. The van der Waals surface area contributed by atoms with E-state index in [9.17, 15) is 9.50 Å². The summed E-state index contributed by atoms with van der Waals surface area (Å²) in [6.07, 6.45) is -0.656. The van der Waals surface area contributed by atoms with E-state index in [1.54, 1.807) is 13.8 Å². The molecule has 102 valence electrons. The van der Waals surface area contributed by atoms with E-state index in [0.717, 1.165) is 18.8 Å². The van der Waals surface area contributed by atoms with E-state index >= 15 is 0 Å². The Morgan fingerprint density at radius 2 is 1.89 bits per heavy atom. The molecular weight excluding hydrogens is 229 g/mol. The van der Waals surface area contributed by atoms with E-state index in [0.29, 0.717) is 17.0 Å². The van der Waals surface area contributed by atoms with Crippen LogP contribution in [-0.4, -0.2) is 18.2 Å². The third-order valence-electron chi connectivity index (χ3n) is 3.07. The molecule has 0 aromatic heterocycles. The van der Waals surface area contributed by atoms with Gasteiger partial charge in [0.1, 0.15) is 5.82 Å². The van der Waals surface area contributed by atoms with Crippen molar-refractivity contribution in [3.63, 3.8) is 0 Å². The summed E-state index contributed by atoms with van der Waals surface area (Å²) in [6, 6.07) is 3.29. The minimum atomic E-state index is -0.656. The molecule has 0 spiro atoms. The highest BCUT2D eigenvalue weighted by atomic mass is 19.1. The van der Waals surface area contributed by atoms with Crippen LogP contribution in [0.25, 0.3) is 0 Å². The van der Waals surface area contributed by atoms with Gasteiger partial charge in [-0.05, 0) is 44.4 Å². The Bertz CT molecular complexity index is 402. The van der Waals surface area contributed by atoms with Crippen molar-refractivity contribution in [1.82, 2.24) is 0 Å². The SMILES string of the molecule is CCN(CC(C)C)c1cc(C)c(F)cc1[C@H](C)O. The number of hydrogen-bond donors (Lipinski definition) is 1. The molecule has 0 fully saturated rings. The van der Waals surface area contributed by atoms with E-state index in [1.165, 1.54) is 6.07 Å². The van der Waals surface area contributed by atoms with Crippen LogP contribution in [0.2, 0.25) is 0 Å². The van der Waals surface area contributed by atoms with Gasteiger partial charge in [-0.25, -0.2) is 4.39 Å². The van der Waals surface area contributed by atoms with Gasteiger partial charge < -0.3 is 10.0 Å². The number of benzene rings is 1. The first-order valence-electron chi connectivity index (χ1n) is 6.59. The Hall–Kier alpha value is -1.09. The van der Waals surface area contributed by atoms with Gasteiger partial charge in [-0.2, -0.15) is 0 Å². The van der Waals surface area contributed by atoms with Crippen molar-refractivity contribution in [3.8, 4) is 0 Å². The van der Waals surface area contributed by atoms with E-state index in [4.69, 9.17) is 0 Å². The summed E-state index contributed by atoms with van der Waals surface area (Å²) in [4.78, 5) is 2.19. The molecule has 0 aliphatic heterocycles. The molecule has 0 bridgehead atoms. The molecule has 0 saturated carbocycles. The fourth-order valence-electron chi connectivity index (χ4n) is 2.13. The van der Waals surface area contributed by atoms with Crippen molar-refractivity contribution >= 4 is 5.69 Å². The van der Waals surface area contributed by atoms with E-state index < -0.39 is 6.10 Å². The topological polar surface area (TPSA) is 23.5 Å². The predicted molar refractivity (Wildman–Crippen MR) is 74.5 cm³/mol. The molecule has 1 rings (SSSR count). The van der Waals surface area contributed by atoms with Gasteiger partial charge in [0, 0.05) is 24.3 Å². The van der Waals surface area contributed by atoms with Crippen LogP contribution < -0.4 is 4.90 Å². The van der Waals surface area contributed by atoms with Gasteiger partial charge in [-0.15, -0.1) is 0 Å². The minimum absolute atomic E-state index is 0.254. The zero-order valence-corrected chi connectivity index (χ0v) is 12.0. The number of aryl methyl sites for hydroxylation is 1. The van der Waals surface area contributed by atoms with Crippen LogP contribution in [0.3, 0.4) is 0 Å². The van der Waals surface area contributed by atoms with Crippen LogP contribution in [0.15, 0.2) is 12.1 Å². The van der Waals surface area contributed by atoms with Gasteiger partial charge in [0.25, 0.3) is 0 Å². The average Bonchev–Trinajstić information content (AvgIpc) is 2.28. The van der Waals surface area contributed by atoms with Crippen molar-refractivity contribution in [3.05, 3.63) is 29.1 Å². The lowest BCUT2D eigenvalue weighted by Crippen LogP contribution is -2.28. The molecule has 0 radical (unpaired) electrons. The highest BCUT2D eigenvalue weighted by Gasteiger charge is 2.16. The largest absolute Gasteiger partial charge is 0.389 e. The molecule has 1 aromatic rings. The van der Waals surface area contributed by atoms with Gasteiger partial charge in [-0.3, -0.25) is 0 Å². The van der Waals surface area contributed by atoms with Crippen LogP contribution >= 0.6 is 0 Å². The van der Waals surface area contributed by atoms with Gasteiger partial charge in [0.05, 0.1) is 6.10 Å². The maximum atomic E-state index is 13.6. The molecule has 0 heterocycles. The minimum Gasteiger partial charge on any atom is -0.389 e. The summed E-state index contributed by atoms with van der Waals surface area (Å²) < 4.78 is 13.6. The summed E-state index contributed by atoms with van der Waals surface area (Å²) in [5.41, 5.74) is 2.23. The average molecular weight is 253 g/mol. The van der Waals surface area contributed by atoms with E-state index in [-0.39, 0.29) is 5.82 Å². The summed E-state index contributed by atoms with van der Waals surface area (Å²) >= 11 is 0. The van der Waals surface area contributed by atoms with Crippen LogP contribution in [0, 0.1) is 18.7 Å². The summed E-state index contributed by atoms with van der Waals surface area (Å²) in [7, 11) is 0. The molecule has 3 heteroatoms. The first kappa shape index (κ1) is 15.0. The van der Waals surface area contributed by atoms with Gasteiger partial charge in [-0.1, -0.05) is 13.8 Å². The Labute approximate surface area is 109 Å². The van der Waals surface area contributed by atoms with Crippen molar-refractivity contribution in [1.29, 1.82) is 0 Å². The fourth-order valence-corrected chi connectivity index (χ4v) is 2.13. The molecular formula is C15H24FNO. The normalized spacial score (nSPS) is 12.9. The van der Waals surface area contributed by atoms with Crippen LogP contribution in [0.1, 0.15) is 44.9 Å². The summed E-state index contributed by atoms with van der Waals surface area (Å²) in [5, 5.41) is 9.81. The molecule has 0 aliphatic carbocycles. The Kier molecular flexibility index (Phi) is 5.15. The molecule has 18 heavy (non-hydrogen) atoms. The molecule has 1 atom stereocenters. The smallest absolute Gasteiger partial charge is 0.126 e. The lowest BCUT2D eigenvalue weighted by molar-refractivity contribution is 0.199. The molecule has 0 unspecified atom stereocenters. The number of halogens is 1. The quantitative estimate of drug-likeness (QED) is 0.865. The second-order valence-corrected chi connectivity index (χ2v) is 5.27. The highest BCUT2D eigenvalue weighted by Crippen LogP contribution is 2.29. The lowest BCUT2D eigenvalue weighted by Gasteiger charge is -2.29. The zero-order chi connectivity index (χ0) is 13.9.